The average Bonchev–Trinajstić information content (AvgIpc) is 2.30. The molecule has 5 N–H and O–H groups in total. The van der Waals surface area contributed by atoms with Crippen molar-refractivity contribution in [1.82, 2.24) is 0 Å². The molecule has 0 saturated heterocycles. The molecule has 1 aromatic carbocycles. The monoisotopic (exact) mass is 269 g/mol. The first-order chi connectivity index (χ1) is 8.41. The number of hydrogen-bond acceptors (Lipinski definition) is 4. The van der Waals surface area contributed by atoms with E-state index in [1.54, 1.807) is 24.5 Å². The van der Waals surface area contributed by atoms with Crippen LogP contribution in [0.1, 0.15) is 23.7 Å². The predicted octanol–water partition coefficient (Wildman–Crippen LogP) is 0.937. The molecule has 0 fully saturated rings. The number of amides is 1. The van der Waals surface area contributed by atoms with Crippen LogP contribution in [0.2, 0.25) is 0 Å². The lowest BCUT2D eigenvalue weighted by Gasteiger charge is -2.12. The molecule has 6 heteroatoms. The summed E-state index contributed by atoms with van der Waals surface area (Å²) >= 11 is 0. The lowest BCUT2D eigenvalue weighted by Crippen LogP contribution is -2.16. The fraction of sp³-hybridized carbons (Fsp3) is 0.417. The van der Waals surface area contributed by atoms with Crippen LogP contribution in [-0.2, 0) is 10.8 Å². The topological polar surface area (TPSA) is 98.2 Å². The van der Waals surface area contributed by atoms with Gasteiger partial charge in [-0.1, -0.05) is 6.92 Å². The van der Waals surface area contributed by atoms with E-state index in [0.29, 0.717) is 23.5 Å². The molecule has 100 valence electrons. The van der Waals surface area contributed by atoms with E-state index in [9.17, 15) is 9.00 Å². The zero-order valence-electron chi connectivity index (χ0n) is 10.6. The summed E-state index contributed by atoms with van der Waals surface area (Å²) < 4.78 is 11.2. The summed E-state index contributed by atoms with van der Waals surface area (Å²) in [6.45, 7) is 2.58. The third-order valence-corrected chi connectivity index (χ3v) is 4.14. The summed E-state index contributed by atoms with van der Waals surface area (Å²) in [6, 6.07) is 4.86. The minimum Gasteiger partial charge on any atom is -0.397 e. The van der Waals surface area contributed by atoms with Crippen LogP contribution < -0.4 is 16.8 Å². The molecular weight excluding hydrogens is 250 g/mol. The number of nitrogens with two attached hydrogens (primary N) is 2. The molecule has 0 spiro atoms. The van der Waals surface area contributed by atoms with E-state index in [0.717, 1.165) is 6.42 Å². The Balaban J connectivity index is 2.64. The molecule has 5 nitrogen and oxygen atoms in total. The number of nitrogen functional groups attached to an aromatic ring is 1. The molecule has 1 aromatic rings. The van der Waals surface area contributed by atoms with Gasteiger partial charge in [0.1, 0.15) is 0 Å². The average molecular weight is 269 g/mol. The molecule has 0 aromatic heterocycles. The molecule has 0 bridgehead atoms. The Morgan fingerprint density at radius 2 is 2.17 bits per heavy atom. The lowest BCUT2D eigenvalue weighted by atomic mass is 10.1. The van der Waals surface area contributed by atoms with Crippen LogP contribution in [0.5, 0.6) is 0 Å². The highest BCUT2D eigenvalue weighted by atomic mass is 32.2. The third-order valence-electron chi connectivity index (χ3n) is 2.77. The first kappa shape index (κ1) is 14.5. The Morgan fingerprint density at radius 1 is 1.50 bits per heavy atom. The second kappa shape index (κ2) is 6.39. The maximum atomic E-state index is 11.2. The molecule has 2 atom stereocenters. The van der Waals surface area contributed by atoms with Crippen molar-refractivity contribution in [3.63, 3.8) is 0 Å². The zero-order valence-corrected chi connectivity index (χ0v) is 11.4. The number of primary amides is 1. The summed E-state index contributed by atoms with van der Waals surface area (Å²) in [7, 11) is -0.831. The molecule has 0 heterocycles. The molecule has 0 aliphatic heterocycles. The molecule has 18 heavy (non-hydrogen) atoms. The van der Waals surface area contributed by atoms with Gasteiger partial charge in [-0.2, -0.15) is 0 Å². The minimum atomic E-state index is -0.831. The summed E-state index contributed by atoms with van der Waals surface area (Å²) in [4.78, 5) is 11.0. The van der Waals surface area contributed by atoms with Gasteiger partial charge in [-0.3, -0.25) is 9.00 Å². The highest BCUT2D eigenvalue weighted by Crippen LogP contribution is 2.20. The standard InChI is InChI=1S/C12H19N3O2S/c1-8(18(2)17)5-6-15-11-7-9(12(14)16)3-4-10(11)13/h3-4,7-8,15H,5-6,13H2,1-2H3,(H2,14,16). The summed E-state index contributed by atoms with van der Waals surface area (Å²) in [5, 5.41) is 3.25. The number of rotatable bonds is 6. The molecule has 1 rings (SSSR count). The Kier molecular flexibility index (Phi) is 5.15. The lowest BCUT2D eigenvalue weighted by molar-refractivity contribution is 0.100. The minimum absolute atomic E-state index is 0.123. The molecule has 0 saturated carbocycles. The Hall–Kier alpha value is -1.56. The SMILES string of the molecule is CC(CCNc1cc(C(N)=O)ccc1N)S(C)=O. The van der Waals surface area contributed by atoms with E-state index >= 15 is 0 Å². The van der Waals surface area contributed by atoms with Gasteiger partial charge in [0.2, 0.25) is 5.91 Å². The smallest absolute Gasteiger partial charge is 0.248 e. The van der Waals surface area contributed by atoms with Gasteiger partial charge in [0.15, 0.2) is 0 Å². The highest BCUT2D eigenvalue weighted by molar-refractivity contribution is 7.84. The second-order valence-corrected chi connectivity index (χ2v) is 5.99. The van der Waals surface area contributed by atoms with E-state index < -0.39 is 16.7 Å². The van der Waals surface area contributed by atoms with Gasteiger partial charge in [0, 0.05) is 34.4 Å². The van der Waals surface area contributed by atoms with Crippen LogP contribution in [0, 0.1) is 0 Å². The van der Waals surface area contributed by atoms with Crippen LogP contribution in [0.3, 0.4) is 0 Å². The zero-order chi connectivity index (χ0) is 13.7. The highest BCUT2D eigenvalue weighted by Gasteiger charge is 2.07. The Morgan fingerprint density at radius 3 is 2.72 bits per heavy atom. The molecular formula is C12H19N3O2S. The van der Waals surface area contributed by atoms with Crippen molar-refractivity contribution in [2.75, 3.05) is 23.9 Å². The van der Waals surface area contributed by atoms with Crippen LogP contribution in [0.15, 0.2) is 18.2 Å². The maximum absolute atomic E-state index is 11.2. The quantitative estimate of drug-likeness (QED) is 0.669. The second-order valence-electron chi connectivity index (χ2n) is 4.19. The third kappa shape index (κ3) is 4.03. The van der Waals surface area contributed by atoms with Gasteiger partial charge >= 0.3 is 0 Å². The van der Waals surface area contributed by atoms with Crippen molar-refractivity contribution in [2.24, 2.45) is 5.73 Å². The number of benzene rings is 1. The van der Waals surface area contributed by atoms with Crippen LogP contribution >= 0.6 is 0 Å². The van der Waals surface area contributed by atoms with Gasteiger partial charge in [0.25, 0.3) is 0 Å². The van der Waals surface area contributed by atoms with Gasteiger partial charge in [-0.25, -0.2) is 0 Å². The number of anilines is 2. The Bertz CT molecular complexity index is 463. The largest absolute Gasteiger partial charge is 0.397 e. The van der Waals surface area contributed by atoms with Crippen LogP contribution in [-0.4, -0.2) is 28.2 Å². The van der Waals surface area contributed by atoms with Crippen molar-refractivity contribution in [2.45, 2.75) is 18.6 Å². The molecule has 1 amide bonds. The summed E-state index contributed by atoms with van der Waals surface area (Å²) in [5.74, 6) is -0.485. The molecule has 0 radical (unpaired) electrons. The van der Waals surface area contributed by atoms with Crippen molar-refractivity contribution in [1.29, 1.82) is 0 Å². The van der Waals surface area contributed by atoms with E-state index in [-0.39, 0.29) is 5.25 Å². The van der Waals surface area contributed by atoms with Gasteiger partial charge in [-0.05, 0) is 24.6 Å². The summed E-state index contributed by atoms with van der Waals surface area (Å²) in [6.07, 6.45) is 2.45. The molecule has 0 aliphatic rings. The van der Waals surface area contributed by atoms with E-state index in [4.69, 9.17) is 11.5 Å². The summed E-state index contributed by atoms with van der Waals surface area (Å²) in [5.41, 5.74) is 12.7. The van der Waals surface area contributed by atoms with Gasteiger partial charge < -0.3 is 16.8 Å². The van der Waals surface area contributed by atoms with Crippen LogP contribution in [0.25, 0.3) is 0 Å². The van der Waals surface area contributed by atoms with Crippen molar-refractivity contribution in [3.8, 4) is 0 Å². The number of carbonyl (C=O) groups is 1. The van der Waals surface area contributed by atoms with Crippen molar-refractivity contribution in [3.05, 3.63) is 23.8 Å². The number of hydrogen-bond donors (Lipinski definition) is 3. The number of carbonyl (C=O) groups excluding carboxylic acids is 1. The Labute approximate surface area is 109 Å². The van der Waals surface area contributed by atoms with Gasteiger partial charge in [-0.15, -0.1) is 0 Å². The maximum Gasteiger partial charge on any atom is 0.248 e. The molecule has 2 unspecified atom stereocenters. The fourth-order valence-electron chi connectivity index (χ4n) is 1.44. The predicted molar refractivity (Wildman–Crippen MR) is 76.0 cm³/mol. The van der Waals surface area contributed by atoms with Crippen molar-refractivity contribution >= 4 is 28.1 Å². The van der Waals surface area contributed by atoms with Crippen molar-refractivity contribution < 1.29 is 9.00 Å². The molecule has 0 aliphatic carbocycles. The fourth-order valence-corrected chi connectivity index (χ4v) is 1.89. The van der Waals surface area contributed by atoms with E-state index in [2.05, 4.69) is 5.32 Å². The van der Waals surface area contributed by atoms with E-state index in [1.165, 1.54) is 0 Å². The number of nitrogens with one attached hydrogen (secondary N) is 1. The first-order valence-electron chi connectivity index (χ1n) is 5.67. The van der Waals surface area contributed by atoms with Gasteiger partial charge in [0.05, 0.1) is 11.4 Å². The van der Waals surface area contributed by atoms with E-state index in [1.807, 2.05) is 6.92 Å². The van der Waals surface area contributed by atoms with Crippen LogP contribution in [0.4, 0.5) is 11.4 Å². The first-order valence-corrected chi connectivity index (χ1v) is 7.29. The normalized spacial score (nSPS) is 13.9.